The van der Waals surface area contributed by atoms with E-state index in [2.05, 4.69) is 25.2 Å². The van der Waals surface area contributed by atoms with Crippen molar-refractivity contribution >= 4 is 17.4 Å². The Morgan fingerprint density at radius 3 is 2.78 bits per heavy atom. The standard InChI is InChI=1S/C14H20N2OS/c1-4-11(10-17-3)16-13-7-6-8-14(18-5-2)12(13)9-15/h6-8,11,16H,4-5,10H2,1-3H3. The molecular formula is C14H20N2OS. The Bertz CT molecular complexity index is 415. The lowest BCUT2D eigenvalue weighted by Gasteiger charge is -2.19. The van der Waals surface area contributed by atoms with Crippen LogP contribution in [-0.2, 0) is 4.74 Å². The average Bonchev–Trinajstić information content (AvgIpc) is 2.39. The van der Waals surface area contributed by atoms with E-state index in [1.165, 1.54) is 0 Å². The van der Waals surface area contributed by atoms with Crippen LogP contribution in [0, 0.1) is 11.3 Å². The van der Waals surface area contributed by atoms with Gasteiger partial charge < -0.3 is 10.1 Å². The Hall–Kier alpha value is -1.18. The van der Waals surface area contributed by atoms with Crippen molar-refractivity contribution in [3.05, 3.63) is 23.8 Å². The van der Waals surface area contributed by atoms with Gasteiger partial charge in [0.15, 0.2) is 0 Å². The summed E-state index contributed by atoms with van der Waals surface area (Å²) in [5.74, 6) is 0.966. The Balaban J connectivity index is 2.94. The highest BCUT2D eigenvalue weighted by atomic mass is 32.2. The zero-order valence-electron chi connectivity index (χ0n) is 11.2. The van der Waals surface area contributed by atoms with Crippen LogP contribution in [0.1, 0.15) is 25.8 Å². The van der Waals surface area contributed by atoms with E-state index in [4.69, 9.17) is 4.74 Å². The molecule has 0 heterocycles. The van der Waals surface area contributed by atoms with Crippen LogP contribution < -0.4 is 5.32 Å². The summed E-state index contributed by atoms with van der Waals surface area (Å²) < 4.78 is 5.17. The number of nitriles is 1. The summed E-state index contributed by atoms with van der Waals surface area (Å²) in [5.41, 5.74) is 1.64. The summed E-state index contributed by atoms with van der Waals surface area (Å²) in [6, 6.07) is 8.47. The molecule has 3 nitrogen and oxygen atoms in total. The van der Waals surface area contributed by atoms with E-state index in [9.17, 15) is 5.26 Å². The molecule has 1 rings (SSSR count). The van der Waals surface area contributed by atoms with Crippen LogP contribution in [0.3, 0.4) is 0 Å². The van der Waals surface area contributed by atoms with Crippen molar-refractivity contribution in [2.75, 3.05) is 24.8 Å². The first-order valence-corrected chi connectivity index (χ1v) is 7.16. The molecule has 1 aromatic carbocycles. The Kier molecular flexibility index (Phi) is 6.63. The highest BCUT2D eigenvalue weighted by Gasteiger charge is 2.11. The van der Waals surface area contributed by atoms with E-state index in [0.29, 0.717) is 6.61 Å². The van der Waals surface area contributed by atoms with E-state index in [-0.39, 0.29) is 6.04 Å². The Morgan fingerprint density at radius 2 is 2.22 bits per heavy atom. The number of hydrogen-bond donors (Lipinski definition) is 1. The predicted octanol–water partition coefficient (Wildman–Crippen LogP) is 3.51. The van der Waals surface area contributed by atoms with Gasteiger partial charge in [0.2, 0.25) is 0 Å². The quantitative estimate of drug-likeness (QED) is 0.765. The van der Waals surface area contributed by atoms with Crippen LogP contribution in [0.5, 0.6) is 0 Å². The molecule has 0 spiro atoms. The van der Waals surface area contributed by atoms with Gasteiger partial charge in [0.1, 0.15) is 6.07 Å². The lowest BCUT2D eigenvalue weighted by Crippen LogP contribution is -2.24. The summed E-state index contributed by atoms with van der Waals surface area (Å²) >= 11 is 1.69. The number of benzene rings is 1. The number of methoxy groups -OCH3 is 1. The molecule has 4 heteroatoms. The van der Waals surface area contributed by atoms with Crippen molar-refractivity contribution in [1.82, 2.24) is 0 Å². The van der Waals surface area contributed by atoms with Gasteiger partial charge in [-0.05, 0) is 24.3 Å². The maximum absolute atomic E-state index is 9.31. The van der Waals surface area contributed by atoms with Crippen molar-refractivity contribution in [2.45, 2.75) is 31.2 Å². The van der Waals surface area contributed by atoms with Crippen molar-refractivity contribution in [1.29, 1.82) is 5.26 Å². The summed E-state index contributed by atoms with van der Waals surface area (Å²) in [4.78, 5) is 1.04. The van der Waals surface area contributed by atoms with E-state index < -0.39 is 0 Å². The fourth-order valence-corrected chi connectivity index (χ4v) is 2.51. The highest BCUT2D eigenvalue weighted by molar-refractivity contribution is 7.99. The largest absolute Gasteiger partial charge is 0.383 e. The van der Waals surface area contributed by atoms with Crippen LogP contribution in [0.25, 0.3) is 0 Å². The molecule has 0 amide bonds. The molecule has 0 saturated heterocycles. The predicted molar refractivity (Wildman–Crippen MR) is 77.1 cm³/mol. The normalized spacial score (nSPS) is 11.9. The number of nitrogens with one attached hydrogen (secondary N) is 1. The second-order valence-corrected chi connectivity index (χ2v) is 5.23. The SMILES string of the molecule is CCSc1cccc(NC(CC)COC)c1C#N. The second-order valence-electron chi connectivity index (χ2n) is 3.93. The highest BCUT2D eigenvalue weighted by Crippen LogP contribution is 2.28. The molecule has 0 fully saturated rings. The minimum Gasteiger partial charge on any atom is -0.383 e. The van der Waals surface area contributed by atoms with Crippen LogP contribution in [0.4, 0.5) is 5.69 Å². The molecule has 0 aliphatic carbocycles. The van der Waals surface area contributed by atoms with E-state index in [1.54, 1.807) is 18.9 Å². The number of anilines is 1. The fourth-order valence-electron chi connectivity index (χ4n) is 1.73. The van der Waals surface area contributed by atoms with E-state index >= 15 is 0 Å². The van der Waals surface area contributed by atoms with Crippen molar-refractivity contribution < 1.29 is 4.74 Å². The van der Waals surface area contributed by atoms with E-state index in [0.717, 1.165) is 28.3 Å². The smallest absolute Gasteiger partial charge is 0.102 e. The van der Waals surface area contributed by atoms with Gasteiger partial charge >= 0.3 is 0 Å². The molecule has 0 aliphatic rings. The van der Waals surface area contributed by atoms with Crippen molar-refractivity contribution in [3.63, 3.8) is 0 Å². The van der Waals surface area contributed by atoms with Crippen LogP contribution >= 0.6 is 11.8 Å². The fraction of sp³-hybridized carbons (Fsp3) is 0.500. The van der Waals surface area contributed by atoms with Crippen LogP contribution in [-0.4, -0.2) is 25.5 Å². The number of ether oxygens (including phenoxy) is 1. The van der Waals surface area contributed by atoms with Gasteiger partial charge in [-0.1, -0.05) is 19.9 Å². The Morgan fingerprint density at radius 1 is 1.44 bits per heavy atom. The summed E-state index contributed by atoms with van der Waals surface area (Å²) in [6.45, 7) is 4.84. The third-order valence-corrected chi connectivity index (χ3v) is 3.60. The first kappa shape index (κ1) is 14.9. The molecule has 0 bridgehead atoms. The van der Waals surface area contributed by atoms with Crippen LogP contribution in [0.2, 0.25) is 0 Å². The molecule has 1 N–H and O–H groups in total. The molecule has 1 unspecified atom stereocenters. The third kappa shape index (κ3) is 3.94. The first-order valence-electron chi connectivity index (χ1n) is 6.18. The van der Waals surface area contributed by atoms with Crippen LogP contribution in [0.15, 0.2) is 23.1 Å². The molecule has 0 aromatic heterocycles. The van der Waals surface area contributed by atoms with Gasteiger partial charge in [-0.25, -0.2) is 0 Å². The number of hydrogen-bond acceptors (Lipinski definition) is 4. The maximum atomic E-state index is 9.31. The Labute approximate surface area is 114 Å². The van der Waals surface area contributed by atoms with Gasteiger partial charge in [0.05, 0.1) is 17.9 Å². The lowest BCUT2D eigenvalue weighted by atomic mass is 10.1. The summed E-state index contributed by atoms with van der Waals surface area (Å²) in [7, 11) is 1.69. The zero-order chi connectivity index (χ0) is 13.4. The second kappa shape index (κ2) is 8.02. The van der Waals surface area contributed by atoms with Crippen molar-refractivity contribution in [3.8, 4) is 6.07 Å². The number of thioether (sulfide) groups is 1. The topological polar surface area (TPSA) is 45.0 Å². The monoisotopic (exact) mass is 264 g/mol. The van der Waals surface area contributed by atoms with Gasteiger partial charge in [0, 0.05) is 18.0 Å². The van der Waals surface area contributed by atoms with Gasteiger partial charge in [0.25, 0.3) is 0 Å². The van der Waals surface area contributed by atoms with Gasteiger partial charge in [-0.2, -0.15) is 5.26 Å². The molecule has 98 valence electrons. The minimum atomic E-state index is 0.240. The average molecular weight is 264 g/mol. The molecule has 1 aromatic rings. The van der Waals surface area contributed by atoms with Gasteiger partial charge in [-0.3, -0.25) is 0 Å². The lowest BCUT2D eigenvalue weighted by molar-refractivity contribution is 0.184. The minimum absolute atomic E-state index is 0.240. The van der Waals surface area contributed by atoms with Gasteiger partial charge in [-0.15, -0.1) is 11.8 Å². The van der Waals surface area contributed by atoms with Crippen molar-refractivity contribution in [2.24, 2.45) is 0 Å². The van der Waals surface area contributed by atoms with E-state index in [1.807, 2.05) is 18.2 Å². The maximum Gasteiger partial charge on any atom is 0.102 e. The number of nitrogens with zero attached hydrogens (tertiary/aromatic N) is 1. The zero-order valence-corrected chi connectivity index (χ0v) is 12.0. The molecule has 0 radical (unpaired) electrons. The summed E-state index contributed by atoms with van der Waals surface area (Å²) in [6.07, 6.45) is 0.962. The molecule has 0 saturated carbocycles. The molecule has 1 atom stereocenters. The molecular weight excluding hydrogens is 244 g/mol. The third-order valence-electron chi connectivity index (χ3n) is 2.66. The first-order chi connectivity index (χ1) is 8.76. The molecule has 18 heavy (non-hydrogen) atoms. The molecule has 0 aliphatic heterocycles. The number of rotatable bonds is 7. The summed E-state index contributed by atoms with van der Waals surface area (Å²) in [5, 5.41) is 12.7.